The first-order valence-corrected chi connectivity index (χ1v) is 11.5. The van der Waals surface area contributed by atoms with E-state index in [2.05, 4.69) is 15.6 Å². The number of carbonyl (C=O) groups is 2. The van der Waals surface area contributed by atoms with E-state index in [4.69, 9.17) is 4.74 Å². The lowest BCUT2D eigenvalue weighted by molar-refractivity contribution is -0.136. The molecule has 10 nitrogen and oxygen atoms in total. The summed E-state index contributed by atoms with van der Waals surface area (Å²) in [4.78, 5) is 28.8. The Kier molecular flexibility index (Phi) is 8.94. The molecule has 0 radical (unpaired) electrons. The average molecular weight is 477 g/mol. The minimum absolute atomic E-state index is 0.0446. The fraction of sp³-hybridized carbons (Fsp3) is 0.565. The largest absolute Gasteiger partial charge is 0.394 e. The Labute approximate surface area is 198 Å². The average Bonchev–Trinajstić information content (AvgIpc) is 3.27. The van der Waals surface area contributed by atoms with Gasteiger partial charge in [-0.3, -0.25) is 4.79 Å². The van der Waals surface area contributed by atoms with Crippen molar-refractivity contribution in [1.82, 2.24) is 24.8 Å². The van der Waals surface area contributed by atoms with Crippen LogP contribution in [0.25, 0.3) is 0 Å². The van der Waals surface area contributed by atoms with Crippen LogP contribution >= 0.6 is 0 Å². The maximum atomic E-state index is 13.2. The molecular weight excluding hydrogens is 443 g/mol. The van der Waals surface area contributed by atoms with Crippen molar-refractivity contribution in [3.63, 3.8) is 0 Å². The molecule has 11 heteroatoms. The molecule has 0 spiro atoms. The van der Waals surface area contributed by atoms with Crippen molar-refractivity contribution in [3.05, 3.63) is 42.0 Å². The summed E-state index contributed by atoms with van der Waals surface area (Å²) in [6, 6.07) is 4.84. The zero-order valence-corrected chi connectivity index (χ0v) is 19.9. The van der Waals surface area contributed by atoms with Crippen LogP contribution in [0.2, 0.25) is 0 Å². The van der Waals surface area contributed by atoms with E-state index in [-0.39, 0.29) is 49.5 Å². The fourth-order valence-electron chi connectivity index (χ4n) is 3.85. The summed E-state index contributed by atoms with van der Waals surface area (Å²) >= 11 is 0. The third-order valence-corrected chi connectivity index (χ3v) is 6.04. The minimum Gasteiger partial charge on any atom is -0.394 e. The highest BCUT2D eigenvalue weighted by atomic mass is 19.1. The Morgan fingerprint density at radius 2 is 2.12 bits per heavy atom. The van der Waals surface area contributed by atoms with Crippen molar-refractivity contribution in [3.8, 4) is 0 Å². The summed E-state index contributed by atoms with van der Waals surface area (Å²) in [6.45, 7) is 5.07. The second-order valence-electron chi connectivity index (χ2n) is 8.77. The van der Waals surface area contributed by atoms with E-state index >= 15 is 0 Å². The van der Waals surface area contributed by atoms with Crippen molar-refractivity contribution in [2.24, 2.45) is 5.92 Å². The van der Waals surface area contributed by atoms with Gasteiger partial charge in [-0.05, 0) is 37.6 Å². The molecule has 186 valence electrons. The quantitative estimate of drug-likeness (QED) is 0.684. The number of halogens is 1. The summed E-state index contributed by atoms with van der Waals surface area (Å²) in [5, 5.41) is 20.5. The van der Waals surface area contributed by atoms with Crippen LogP contribution in [-0.2, 0) is 22.7 Å². The lowest BCUT2D eigenvalue weighted by Gasteiger charge is -2.35. The highest BCUT2D eigenvalue weighted by molar-refractivity contribution is 5.89. The molecule has 0 unspecified atom stereocenters. The summed E-state index contributed by atoms with van der Waals surface area (Å²) in [6.07, 6.45) is 2.17. The maximum absolute atomic E-state index is 13.2. The van der Waals surface area contributed by atoms with Gasteiger partial charge in [0.15, 0.2) is 0 Å². The summed E-state index contributed by atoms with van der Waals surface area (Å²) in [5.41, 5.74) is 1.28. The van der Waals surface area contributed by atoms with Gasteiger partial charge in [0.2, 0.25) is 5.91 Å². The molecule has 1 aliphatic rings. The number of aliphatic hydroxyl groups is 1. The molecule has 0 saturated carbocycles. The number of rotatable bonds is 5. The number of hydrogen-bond donors (Lipinski definition) is 2. The van der Waals surface area contributed by atoms with E-state index in [9.17, 15) is 19.1 Å². The van der Waals surface area contributed by atoms with Crippen LogP contribution in [-0.4, -0.2) is 80.7 Å². The number of ether oxygens (including phenoxy) is 1. The number of urea groups is 1. The standard InChI is InChI=1S/C23H33FN6O4/c1-16-12-29(17(2)14-31)22(32)5-4-10-30-20(11-25-27-30)15-34-21(16)13-28(3)23(33)26-19-8-6-18(24)7-9-19/h6-9,11,16-17,21,31H,4-5,10,12-15H2,1-3H3,(H,26,33)/t16-,17-,21+/m1/s1. The molecule has 0 fully saturated rings. The van der Waals surface area contributed by atoms with Crippen molar-refractivity contribution >= 4 is 17.6 Å². The van der Waals surface area contributed by atoms with Crippen molar-refractivity contribution in [2.75, 3.05) is 32.1 Å². The molecule has 2 heterocycles. The Hall–Kier alpha value is -3.05. The van der Waals surface area contributed by atoms with Gasteiger partial charge in [-0.2, -0.15) is 0 Å². The number of amides is 3. The summed E-state index contributed by atoms with van der Waals surface area (Å²) in [7, 11) is 1.65. The molecule has 1 aromatic heterocycles. The molecule has 1 aromatic carbocycles. The molecule has 3 rings (SSSR count). The molecule has 0 bridgehead atoms. The number of aromatic nitrogens is 3. The molecule has 2 aromatic rings. The van der Waals surface area contributed by atoms with Gasteiger partial charge in [-0.25, -0.2) is 13.9 Å². The predicted molar refractivity (Wildman–Crippen MR) is 123 cm³/mol. The summed E-state index contributed by atoms with van der Waals surface area (Å²) in [5.74, 6) is -0.564. The number of hydrogen-bond acceptors (Lipinski definition) is 6. The number of anilines is 1. The normalized spacial score (nSPS) is 20.6. The lowest BCUT2D eigenvalue weighted by Crippen LogP contribution is -2.48. The Balaban J connectivity index is 1.76. The van der Waals surface area contributed by atoms with E-state index in [0.29, 0.717) is 31.6 Å². The van der Waals surface area contributed by atoms with Crippen LogP contribution < -0.4 is 5.32 Å². The fourth-order valence-corrected chi connectivity index (χ4v) is 3.85. The van der Waals surface area contributed by atoms with Crippen molar-refractivity contribution in [1.29, 1.82) is 0 Å². The molecule has 2 N–H and O–H groups in total. The van der Waals surface area contributed by atoms with Gasteiger partial charge in [-0.1, -0.05) is 12.1 Å². The van der Waals surface area contributed by atoms with Crippen LogP contribution in [0.1, 0.15) is 32.4 Å². The van der Waals surface area contributed by atoms with Gasteiger partial charge in [0, 0.05) is 44.7 Å². The zero-order valence-electron chi connectivity index (χ0n) is 19.9. The number of carbonyl (C=O) groups excluding carboxylic acids is 2. The summed E-state index contributed by atoms with van der Waals surface area (Å²) < 4.78 is 21.1. The molecule has 3 amide bonds. The number of nitrogens with zero attached hydrogens (tertiary/aromatic N) is 5. The molecule has 1 aliphatic heterocycles. The number of likely N-dealkylation sites (N-methyl/N-ethyl adjacent to an activating group) is 1. The Bertz CT molecular complexity index is 953. The predicted octanol–water partition coefficient (Wildman–Crippen LogP) is 2.11. The topological polar surface area (TPSA) is 113 Å². The van der Waals surface area contributed by atoms with Gasteiger partial charge in [-0.15, -0.1) is 5.10 Å². The van der Waals surface area contributed by atoms with Crippen LogP contribution in [0.15, 0.2) is 30.5 Å². The van der Waals surface area contributed by atoms with Crippen LogP contribution in [0.4, 0.5) is 14.9 Å². The zero-order chi connectivity index (χ0) is 24.7. The first-order chi connectivity index (χ1) is 16.3. The van der Waals surface area contributed by atoms with Gasteiger partial charge < -0.3 is 25.0 Å². The minimum atomic E-state index is -0.409. The molecule has 0 saturated heterocycles. The second kappa shape index (κ2) is 11.9. The van der Waals surface area contributed by atoms with E-state index in [1.54, 1.807) is 22.8 Å². The third-order valence-electron chi connectivity index (χ3n) is 6.04. The number of fused-ring (bicyclic) bond motifs is 1. The molecular formula is C23H33FN6O4. The molecule has 34 heavy (non-hydrogen) atoms. The molecule has 3 atom stereocenters. The highest BCUT2D eigenvalue weighted by Gasteiger charge is 2.29. The van der Waals surface area contributed by atoms with Gasteiger partial charge in [0.1, 0.15) is 5.82 Å². The van der Waals surface area contributed by atoms with Crippen molar-refractivity contribution in [2.45, 2.75) is 52.0 Å². The van der Waals surface area contributed by atoms with E-state index in [0.717, 1.165) is 5.69 Å². The first-order valence-electron chi connectivity index (χ1n) is 11.5. The SMILES string of the molecule is C[C@@H]1CN([C@H](C)CO)C(=O)CCCn2nncc2CO[C@H]1CN(C)C(=O)Nc1ccc(F)cc1. The van der Waals surface area contributed by atoms with Gasteiger partial charge >= 0.3 is 6.03 Å². The van der Waals surface area contributed by atoms with Crippen LogP contribution in [0, 0.1) is 11.7 Å². The first kappa shape index (κ1) is 25.6. The van der Waals surface area contributed by atoms with E-state index in [1.807, 2.05) is 13.8 Å². The number of benzene rings is 1. The highest BCUT2D eigenvalue weighted by Crippen LogP contribution is 2.19. The van der Waals surface area contributed by atoms with Crippen LogP contribution in [0.5, 0.6) is 0 Å². The van der Waals surface area contributed by atoms with Crippen LogP contribution in [0.3, 0.4) is 0 Å². The van der Waals surface area contributed by atoms with E-state index in [1.165, 1.54) is 29.2 Å². The van der Waals surface area contributed by atoms with Crippen molar-refractivity contribution < 1.29 is 23.8 Å². The van der Waals surface area contributed by atoms with Gasteiger partial charge in [0.05, 0.1) is 37.3 Å². The number of aryl methyl sites for hydroxylation is 1. The Morgan fingerprint density at radius 3 is 2.82 bits per heavy atom. The lowest BCUT2D eigenvalue weighted by atomic mass is 10.0. The Morgan fingerprint density at radius 1 is 1.38 bits per heavy atom. The third kappa shape index (κ3) is 6.73. The smallest absolute Gasteiger partial charge is 0.321 e. The monoisotopic (exact) mass is 476 g/mol. The second-order valence-corrected chi connectivity index (χ2v) is 8.77. The number of aliphatic hydroxyl groups excluding tert-OH is 1. The van der Waals surface area contributed by atoms with Gasteiger partial charge in [0.25, 0.3) is 0 Å². The van der Waals surface area contributed by atoms with E-state index < -0.39 is 6.10 Å². The maximum Gasteiger partial charge on any atom is 0.321 e. The number of nitrogens with one attached hydrogen (secondary N) is 1. The molecule has 0 aliphatic carbocycles.